The number of carbonyl (C=O) groups is 1. The lowest BCUT2D eigenvalue weighted by Gasteiger charge is -2.28. The molecule has 4 aromatic heterocycles. The van der Waals surface area contributed by atoms with Crippen molar-refractivity contribution in [3.63, 3.8) is 0 Å². The van der Waals surface area contributed by atoms with Crippen LogP contribution in [0, 0.1) is 5.82 Å². The van der Waals surface area contributed by atoms with Gasteiger partial charge in [0.25, 0.3) is 0 Å². The van der Waals surface area contributed by atoms with Crippen molar-refractivity contribution in [1.82, 2.24) is 30.1 Å². The molecule has 5 heterocycles. The maximum Gasteiger partial charge on any atom is 0.224 e. The zero-order chi connectivity index (χ0) is 24.6. The predicted octanol–water partition coefficient (Wildman–Crippen LogP) is 5.04. The van der Waals surface area contributed by atoms with Crippen molar-refractivity contribution >= 4 is 39.3 Å². The lowest BCUT2D eigenvalue weighted by molar-refractivity contribution is -0.115. The summed E-state index contributed by atoms with van der Waals surface area (Å²) in [5, 5.41) is 10.9. The van der Waals surface area contributed by atoms with E-state index in [9.17, 15) is 4.79 Å². The van der Waals surface area contributed by atoms with Crippen LogP contribution in [-0.2, 0) is 4.79 Å². The summed E-state index contributed by atoms with van der Waals surface area (Å²) in [6.07, 6.45) is 8.82. The van der Waals surface area contributed by atoms with Crippen molar-refractivity contribution in [2.75, 3.05) is 23.3 Å². The van der Waals surface area contributed by atoms with Gasteiger partial charge in [-0.15, -0.1) is 0 Å². The first-order chi connectivity index (χ1) is 17.6. The number of halogens is 1. The molecule has 1 saturated heterocycles. The molecule has 3 N–H and O–H groups in total. The van der Waals surface area contributed by atoms with Crippen LogP contribution >= 0.6 is 0 Å². The molecule has 0 bridgehead atoms. The van der Waals surface area contributed by atoms with Gasteiger partial charge in [-0.1, -0.05) is 6.92 Å². The molecule has 182 valence electrons. The van der Waals surface area contributed by atoms with Crippen LogP contribution in [0.1, 0.15) is 32.6 Å². The van der Waals surface area contributed by atoms with Crippen LogP contribution in [0.5, 0.6) is 0 Å². The monoisotopic (exact) mass is 484 g/mol. The molecule has 0 spiro atoms. The number of anilines is 2. The Hall–Kier alpha value is -4.34. The Balaban J connectivity index is 1.42. The number of rotatable bonds is 5. The number of amides is 1. The van der Waals surface area contributed by atoms with Gasteiger partial charge >= 0.3 is 0 Å². The van der Waals surface area contributed by atoms with Crippen LogP contribution in [0.3, 0.4) is 0 Å². The normalized spacial score (nSPS) is 14.0. The fourth-order valence-electron chi connectivity index (χ4n) is 4.75. The molecule has 36 heavy (non-hydrogen) atoms. The molecule has 5 aromatic rings. The Labute approximate surface area is 206 Å². The average Bonchev–Trinajstić information content (AvgIpc) is 3.52. The SMILES string of the molecule is CCC(=O)Nc1cncc(-c2cc3c(-c4nc5nccc(N6CCCCC6)c5[nH]4)n[nH]c3cc2F)c1. The number of hydrogen-bond donors (Lipinski definition) is 3. The highest BCUT2D eigenvalue weighted by atomic mass is 19.1. The molecular weight excluding hydrogens is 459 g/mol. The van der Waals surface area contributed by atoms with E-state index in [0.717, 1.165) is 24.3 Å². The second kappa shape index (κ2) is 9.03. The number of pyridine rings is 2. The number of imidazole rings is 1. The van der Waals surface area contributed by atoms with Crippen molar-refractivity contribution in [3.05, 3.63) is 48.7 Å². The van der Waals surface area contributed by atoms with Gasteiger partial charge in [0.15, 0.2) is 11.5 Å². The van der Waals surface area contributed by atoms with Gasteiger partial charge < -0.3 is 15.2 Å². The third-order valence-corrected chi connectivity index (χ3v) is 6.60. The Morgan fingerprint density at radius 1 is 1.17 bits per heavy atom. The molecule has 9 nitrogen and oxygen atoms in total. The van der Waals surface area contributed by atoms with Gasteiger partial charge in [-0.25, -0.2) is 14.4 Å². The number of nitrogens with zero attached hydrogens (tertiary/aromatic N) is 5. The second-order valence-electron chi connectivity index (χ2n) is 8.98. The van der Waals surface area contributed by atoms with E-state index in [4.69, 9.17) is 4.98 Å². The van der Waals surface area contributed by atoms with Gasteiger partial charge in [0.2, 0.25) is 5.91 Å². The molecule has 0 aliphatic carbocycles. The fraction of sp³-hybridized carbons (Fsp3) is 0.269. The van der Waals surface area contributed by atoms with Crippen LogP contribution < -0.4 is 10.2 Å². The number of carbonyl (C=O) groups excluding carboxylic acids is 1. The first kappa shape index (κ1) is 22.1. The maximum absolute atomic E-state index is 15.1. The lowest BCUT2D eigenvalue weighted by Crippen LogP contribution is -2.29. The van der Waals surface area contributed by atoms with Crippen LogP contribution in [-0.4, -0.2) is 49.1 Å². The zero-order valence-corrected chi connectivity index (χ0v) is 19.8. The fourth-order valence-corrected chi connectivity index (χ4v) is 4.75. The van der Waals surface area contributed by atoms with E-state index in [0.29, 0.717) is 51.3 Å². The molecule has 1 aliphatic rings. The lowest BCUT2D eigenvalue weighted by atomic mass is 10.0. The third-order valence-electron chi connectivity index (χ3n) is 6.60. The minimum atomic E-state index is -0.419. The molecule has 10 heteroatoms. The smallest absolute Gasteiger partial charge is 0.224 e. The third kappa shape index (κ3) is 3.94. The number of nitrogens with one attached hydrogen (secondary N) is 3. The van der Waals surface area contributed by atoms with E-state index in [1.165, 1.54) is 31.5 Å². The summed E-state index contributed by atoms with van der Waals surface area (Å²) in [4.78, 5) is 30.9. The molecular formula is C26H25FN8O. The Bertz CT molecular complexity index is 1580. The summed E-state index contributed by atoms with van der Waals surface area (Å²) >= 11 is 0. The van der Waals surface area contributed by atoms with Crippen LogP contribution in [0.4, 0.5) is 15.8 Å². The van der Waals surface area contributed by atoms with Gasteiger partial charge in [0.05, 0.1) is 23.1 Å². The number of piperidine rings is 1. The summed E-state index contributed by atoms with van der Waals surface area (Å²) in [6, 6.07) is 6.88. The number of fused-ring (bicyclic) bond motifs is 2. The van der Waals surface area contributed by atoms with Crippen LogP contribution in [0.2, 0.25) is 0 Å². The van der Waals surface area contributed by atoms with E-state index in [-0.39, 0.29) is 5.91 Å². The minimum absolute atomic E-state index is 0.135. The number of H-pyrrole nitrogens is 2. The van der Waals surface area contributed by atoms with Crippen molar-refractivity contribution in [2.24, 2.45) is 0 Å². The average molecular weight is 485 g/mol. The molecule has 0 radical (unpaired) electrons. The number of aromatic amines is 2. The summed E-state index contributed by atoms with van der Waals surface area (Å²) in [5.74, 6) is 0.00869. The molecule has 1 aromatic carbocycles. The van der Waals surface area contributed by atoms with E-state index in [2.05, 4.69) is 35.4 Å². The molecule has 1 amide bonds. The topological polar surface area (TPSA) is 115 Å². The molecule has 0 saturated carbocycles. The van der Waals surface area contributed by atoms with Crippen LogP contribution in [0.15, 0.2) is 42.9 Å². The zero-order valence-electron chi connectivity index (χ0n) is 19.8. The van der Waals surface area contributed by atoms with E-state index in [1.807, 2.05) is 6.07 Å². The van der Waals surface area contributed by atoms with Crippen molar-refractivity contribution in [3.8, 4) is 22.6 Å². The first-order valence-electron chi connectivity index (χ1n) is 12.1. The van der Waals surface area contributed by atoms with E-state index < -0.39 is 5.82 Å². The van der Waals surface area contributed by atoms with Crippen molar-refractivity contribution in [2.45, 2.75) is 32.6 Å². The predicted molar refractivity (Wildman–Crippen MR) is 137 cm³/mol. The maximum atomic E-state index is 15.1. The molecule has 0 atom stereocenters. The van der Waals surface area contributed by atoms with E-state index in [1.54, 1.807) is 31.5 Å². The first-order valence-corrected chi connectivity index (χ1v) is 12.1. The summed E-state index contributed by atoms with van der Waals surface area (Å²) < 4.78 is 15.1. The molecule has 6 rings (SSSR count). The van der Waals surface area contributed by atoms with Gasteiger partial charge in [-0.2, -0.15) is 5.10 Å². The van der Waals surface area contributed by atoms with Crippen LogP contribution in [0.25, 0.3) is 44.7 Å². The number of benzene rings is 1. The number of aromatic nitrogens is 6. The highest BCUT2D eigenvalue weighted by molar-refractivity contribution is 5.97. The van der Waals surface area contributed by atoms with Gasteiger partial charge in [0, 0.05) is 54.5 Å². The Kier molecular flexibility index (Phi) is 5.55. The number of hydrogen-bond acceptors (Lipinski definition) is 6. The van der Waals surface area contributed by atoms with Gasteiger partial charge in [-0.3, -0.25) is 14.9 Å². The summed E-state index contributed by atoms with van der Waals surface area (Å²) in [5.41, 5.74) is 5.13. The van der Waals surface area contributed by atoms with E-state index >= 15 is 4.39 Å². The molecule has 1 fully saturated rings. The minimum Gasteiger partial charge on any atom is -0.370 e. The van der Waals surface area contributed by atoms with Gasteiger partial charge in [0.1, 0.15) is 17.0 Å². The quantitative estimate of drug-likeness (QED) is 0.322. The highest BCUT2D eigenvalue weighted by Crippen LogP contribution is 2.34. The summed E-state index contributed by atoms with van der Waals surface area (Å²) in [7, 11) is 0. The Morgan fingerprint density at radius 2 is 2.03 bits per heavy atom. The van der Waals surface area contributed by atoms with Crippen molar-refractivity contribution in [1.29, 1.82) is 0 Å². The standard InChI is InChI=1S/C26H25FN8O/c1-2-22(36)30-16-10-15(13-28-14-16)17-11-18-20(12-19(17)27)33-34-23(18)26-31-24-21(6-7-29-25(24)32-26)35-8-4-3-5-9-35/h6-7,10-14H,2-5,8-9H2,1H3,(H,30,36)(H,33,34)(H,29,31,32). The molecule has 0 unspecified atom stereocenters. The highest BCUT2D eigenvalue weighted by Gasteiger charge is 2.20. The Morgan fingerprint density at radius 3 is 2.86 bits per heavy atom. The molecule has 1 aliphatic heterocycles. The van der Waals surface area contributed by atoms with Crippen molar-refractivity contribution < 1.29 is 9.18 Å². The van der Waals surface area contributed by atoms with Gasteiger partial charge in [-0.05, 0) is 37.5 Å². The second-order valence-corrected chi connectivity index (χ2v) is 8.98. The summed E-state index contributed by atoms with van der Waals surface area (Å²) in [6.45, 7) is 3.78. The largest absolute Gasteiger partial charge is 0.370 e.